The summed E-state index contributed by atoms with van der Waals surface area (Å²) in [5.74, 6) is 0.570. The zero-order valence-corrected chi connectivity index (χ0v) is 14.8. The molecule has 1 aliphatic heterocycles. The van der Waals surface area contributed by atoms with E-state index >= 15 is 0 Å². The third kappa shape index (κ3) is 5.08. The molecule has 0 amide bonds. The molecule has 0 spiro atoms. The van der Waals surface area contributed by atoms with Gasteiger partial charge in [-0.1, -0.05) is 18.5 Å². The van der Waals surface area contributed by atoms with Gasteiger partial charge >= 0.3 is 6.18 Å². The number of hydrogen-bond acceptors (Lipinski definition) is 3. The van der Waals surface area contributed by atoms with Gasteiger partial charge in [-0.15, -0.1) is 0 Å². The number of hydrogen-bond donors (Lipinski definition) is 1. The van der Waals surface area contributed by atoms with Crippen molar-refractivity contribution < 1.29 is 21.6 Å². The minimum absolute atomic E-state index is 0.152. The second-order valence-electron chi connectivity index (χ2n) is 6.09. The quantitative estimate of drug-likeness (QED) is 0.846. The highest BCUT2D eigenvalue weighted by Gasteiger charge is 2.34. The largest absolute Gasteiger partial charge is 0.417 e. The Bertz CT molecular complexity index is 680. The molecular weight excluding hydrogens is 365 g/mol. The number of sulfonamides is 1. The number of likely N-dealkylation sites (tertiary alicyclic amines) is 1. The lowest BCUT2D eigenvalue weighted by molar-refractivity contribution is -0.137. The maximum Gasteiger partial charge on any atom is 0.417 e. The molecule has 1 aromatic carbocycles. The maximum absolute atomic E-state index is 12.8. The van der Waals surface area contributed by atoms with E-state index in [9.17, 15) is 21.6 Å². The van der Waals surface area contributed by atoms with Crippen molar-refractivity contribution in [2.24, 2.45) is 5.92 Å². The number of rotatable bonds is 5. The zero-order chi connectivity index (χ0) is 18.0. The van der Waals surface area contributed by atoms with E-state index < -0.39 is 31.7 Å². The van der Waals surface area contributed by atoms with Gasteiger partial charge in [-0.2, -0.15) is 13.2 Å². The van der Waals surface area contributed by atoms with Crippen LogP contribution in [0.5, 0.6) is 0 Å². The smallest absolute Gasteiger partial charge is 0.302 e. The third-order valence-corrected chi connectivity index (χ3v) is 5.80. The molecule has 24 heavy (non-hydrogen) atoms. The standard InChI is InChI=1S/C15H20ClF3N2O2S/c1-11-3-2-7-21(10-11)8-6-20-24(22,23)12-4-5-14(16)13(9-12)15(17,18)19/h4-5,9,11,20H,2-3,6-8,10H2,1H3. The van der Waals surface area contributed by atoms with Crippen LogP contribution in [-0.2, 0) is 16.2 Å². The van der Waals surface area contributed by atoms with Crippen molar-refractivity contribution in [3.63, 3.8) is 0 Å². The summed E-state index contributed by atoms with van der Waals surface area (Å²) in [6.45, 7) is 4.64. The van der Waals surface area contributed by atoms with E-state index in [1.807, 2.05) is 0 Å². The maximum atomic E-state index is 12.8. The van der Waals surface area contributed by atoms with Crippen molar-refractivity contribution in [1.82, 2.24) is 9.62 Å². The summed E-state index contributed by atoms with van der Waals surface area (Å²) in [5, 5.41) is -0.524. The van der Waals surface area contributed by atoms with Crippen LogP contribution in [0.3, 0.4) is 0 Å². The highest BCUT2D eigenvalue weighted by Crippen LogP contribution is 2.35. The SMILES string of the molecule is CC1CCCN(CCNS(=O)(=O)c2ccc(Cl)c(C(F)(F)F)c2)C1. The van der Waals surface area contributed by atoms with E-state index in [2.05, 4.69) is 16.5 Å². The first-order valence-electron chi connectivity index (χ1n) is 7.68. The van der Waals surface area contributed by atoms with Gasteiger partial charge in [-0.25, -0.2) is 13.1 Å². The van der Waals surface area contributed by atoms with Crippen molar-refractivity contribution in [1.29, 1.82) is 0 Å². The Morgan fingerprint density at radius 2 is 2.08 bits per heavy atom. The monoisotopic (exact) mass is 384 g/mol. The van der Waals surface area contributed by atoms with E-state index in [4.69, 9.17) is 11.6 Å². The molecule has 1 atom stereocenters. The Morgan fingerprint density at radius 1 is 1.38 bits per heavy atom. The van der Waals surface area contributed by atoms with Crippen LogP contribution in [0.2, 0.25) is 5.02 Å². The van der Waals surface area contributed by atoms with Crippen molar-refractivity contribution in [2.45, 2.75) is 30.8 Å². The molecule has 1 unspecified atom stereocenters. The first-order valence-corrected chi connectivity index (χ1v) is 9.54. The van der Waals surface area contributed by atoms with E-state index in [0.29, 0.717) is 18.5 Å². The molecule has 1 saturated heterocycles. The van der Waals surface area contributed by atoms with E-state index in [1.54, 1.807) is 0 Å². The first kappa shape index (κ1) is 19.5. The van der Waals surface area contributed by atoms with Crippen LogP contribution in [0.15, 0.2) is 23.1 Å². The molecule has 1 aromatic rings. The Balaban J connectivity index is 2.02. The molecular formula is C15H20ClF3N2O2S. The lowest BCUT2D eigenvalue weighted by atomic mass is 10.0. The number of alkyl halides is 3. The second-order valence-corrected chi connectivity index (χ2v) is 8.26. The van der Waals surface area contributed by atoms with E-state index in [1.165, 1.54) is 0 Å². The predicted molar refractivity (Wildman–Crippen MR) is 86.5 cm³/mol. The molecule has 1 N–H and O–H groups in total. The van der Waals surface area contributed by atoms with E-state index in [-0.39, 0.29) is 6.54 Å². The van der Waals surface area contributed by atoms with Gasteiger partial charge in [0.2, 0.25) is 10.0 Å². The Kier molecular flexibility index (Phi) is 6.17. The van der Waals surface area contributed by atoms with Crippen molar-refractivity contribution in [3.8, 4) is 0 Å². The number of benzene rings is 1. The predicted octanol–water partition coefficient (Wildman–Crippen LogP) is 3.37. The Labute approximate surface area is 145 Å². The molecule has 136 valence electrons. The van der Waals surface area contributed by atoms with Gasteiger partial charge in [0.25, 0.3) is 0 Å². The van der Waals surface area contributed by atoms with Crippen LogP contribution in [0.25, 0.3) is 0 Å². The van der Waals surface area contributed by atoms with Crippen LogP contribution in [0, 0.1) is 5.92 Å². The summed E-state index contributed by atoms with van der Waals surface area (Å²) >= 11 is 5.51. The van der Waals surface area contributed by atoms with Gasteiger partial charge in [0.15, 0.2) is 0 Å². The number of halogens is 4. The zero-order valence-electron chi connectivity index (χ0n) is 13.2. The van der Waals surface area contributed by atoms with Gasteiger partial charge < -0.3 is 4.90 Å². The molecule has 0 aromatic heterocycles. The highest BCUT2D eigenvalue weighted by atomic mass is 35.5. The van der Waals surface area contributed by atoms with E-state index in [0.717, 1.165) is 38.1 Å². The molecule has 0 saturated carbocycles. The summed E-state index contributed by atoms with van der Waals surface area (Å²) in [5.41, 5.74) is -1.16. The summed E-state index contributed by atoms with van der Waals surface area (Å²) in [4.78, 5) is 1.71. The van der Waals surface area contributed by atoms with Crippen molar-refractivity contribution >= 4 is 21.6 Å². The van der Waals surface area contributed by atoms with Gasteiger partial charge in [0.05, 0.1) is 15.5 Å². The van der Waals surface area contributed by atoms with Crippen LogP contribution in [-0.4, -0.2) is 39.5 Å². The molecule has 1 fully saturated rings. The summed E-state index contributed by atoms with van der Waals surface area (Å²) in [6.07, 6.45) is -2.47. The molecule has 0 bridgehead atoms. The fourth-order valence-corrected chi connectivity index (χ4v) is 4.07. The van der Waals surface area contributed by atoms with Crippen LogP contribution in [0.1, 0.15) is 25.3 Å². The van der Waals surface area contributed by atoms with Crippen LogP contribution >= 0.6 is 11.6 Å². The number of piperidine rings is 1. The molecule has 1 heterocycles. The molecule has 9 heteroatoms. The lowest BCUT2D eigenvalue weighted by Gasteiger charge is -2.30. The number of nitrogens with one attached hydrogen (secondary N) is 1. The van der Waals surface area contributed by atoms with Gasteiger partial charge in [-0.05, 0) is 43.5 Å². The van der Waals surface area contributed by atoms with Gasteiger partial charge in [0, 0.05) is 19.6 Å². The lowest BCUT2D eigenvalue weighted by Crippen LogP contribution is -2.40. The topological polar surface area (TPSA) is 49.4 Å². The second kappa shape index (κ2) is 7.59. The van der Waals surface area contributed by atoms with Gasteiger partial charge in [0.1, 0.15) is 0 Å². The Morgan fingerprint density at radius 3 is 2.71 bits per heavy atom. The normalized spacial score (nSPS) is 20.3. The molecule has 0 aliphatic carbocycles. The van der Waals surface area contributed by atoms with Crippen LogP contribution in [0.4, 0.5) is 13.2 Å². The third-order valence-electron chi connectivity index (χ3n) is 4.01. The molecule has 1 aliphatic rings. The fraction of sp³-hybridized carbons (Fsp3) is 0.600. The Hall–Kier alpha value is -0.830. The molecule has 2 rings (SSSR count). The molecule has 4 nitrogen and oxygen atoms in total. The van der Waals surface area contributed by atoms with Crippen molar-refractivity contribution in [3.05, 3.63) is 28.8 Å². The van der Waals surface area contributed by atoms with Crippen molar-refractivity contribution in [2.75, 3.05) is 26.2 Å². The summed E-state index contributed by atoms with van der Waals surface area (Å²) < 4.78 is 65.3. The average molecular weight is 385 g/mol. The number of nitrogens with zero attached hydrogens (tertiary/aromatic N) is 1. The molecule has 0 radical (unpaired) electrons. The minimum atomic E-state index is -4.70. The fourth-order valence-electron chi connectivity index (χ4n) is 2.80. The first-order chi connectivity index (χ1) is 11.1. The van der Waals surface area contributed by atoms with Crippen LogP contribution < -0.4 is 4.72 Å². The summed E-state index contributed by atoms with van der Waals surface area (Å²) in [7, 11) is -4.01. The summed E-state index contributed by atoms with van der Waals surface area (Å²) in [6, 6.07) is 2.59. The minimum Gasteiger partial charge on any atom is -0.302 e. The highest BCUT2D eigenvalue weighted by molar-refractivity contribution is 7.89. The average Bonchev–Trinajstić information content (AvgIpc) is 2.46. The van der Waals surface area contributed by atoms with Gasteiger partial charge in [-0.3, -0.25) is 0 Å².